The number of hydrogen-bond acceptors (Lipinski definition) is 5. The van der Waals surface area contributed by atoms with Gasteiger partial charge >= 0.3 is 0 Å². The van der Waals surface area contributed by atoms with Gasteiger partial charge in [0.05, 0.1) is 0 Å². The van der Waals surface area contributed by atoms with Gasteiger partial charge in [-0.2, -0.15) is 0 Å². The van der Waals surface area contributed by atoms with E-state index in [4.69, 9.17) is 0 Å². The molecule has 166 valence electrons. The molecule has 2 atom stereocenters. The fraction of sp³-hybridized carbons (Fsp3) is 0.381. The van der Waals surface area contributed by atoms with E-state index in [1.165, 1.54) is 4.57 Å². The Bertz CT molecular complexity index is 1060. The summed E-state index contributed by atoms with van der Waals surface area (Å²) in [5.41, 5.74) is -1.81. The molecule has 1 aliphatic heterocycles. The van der Waals surface area contributed by atoms with Crippen LogP contribution in [-0.4, -0.2) is 53.1 Å². The van der Waals surface area contributed by atoms with Gasteiger partial charge in [-0.3, -0.25) is 14.4 Å². The molecule has 1 saturated heterocycles. The number of halogens is 3. The number of likely N-dealkylation sites (tertiary alicyclic amines) is 1. The van der Waals surface area contributed by atoms with Crippen LogP contribution in [0.15, 0.2) is 29.2 Å². The maximum atomic E-state index is 13.9. The largest absolute Gasteiger partial charge is 0.503 e. The molecule has 0 saturated carbocycles. The molecular weight excluding hydrogens is 415 g/mol. The first-order chi connectivity index (χ1) is 14.7. The Morgan fingerprint density at radius 1 is 1.29 bits per heavy atom. The molecule has 1 aromatic carbocycles. The first kappa shape index (κ1) is 22.5. The SMILES string of the molecule is CN1CC(F)CC[C@@H](n2cc(C(=O)NCc3ccc(F)cc3F)c(=O)c(O)c2C=O)C1. The monoisotopic (exact) mass is 437 g/mol. The maximum absolute atomic E-state index is 13.9. The fourth-order valence-electron chi connectivity index (χ4n) is 3.71. The van der Waals surface area contributed by atoms with E-state index >= 15 is 0 Å². The van der Waals surface area contributed by atoms with Crippen LogP contribution >= 0.6 is 0 Å². The molecule has 2 N–H and O–H groups in total. The van der Waals surface area contributed by atoms with Crippen LogP contribution in [0.3, 0.4) is 0 Å². The predicted molar refractivity (Wildman–Crippen MR) is 106 cm³/mol. The number of aromatic hydroxyl groups is 1. The lowest BCUT2D eigenvalue weighted by atomic mass is 10.1. The van der Waals surface area contributed by atoms with E-state index in [9.17, 15) is 32.7 Å². The van der Waals surface area contributed by atoms with Crippen LogP contribution in [0.25, 0.3) is 0 Å². The molecule has 1 aliphatic rings. The second-order valence-electron chi connectivity index (χ2n) is 7.60. The van der Waals surface area contributed by atoms with Gasteiger partial charge in [0.1, 0.15) is 29.1 Å². The lowest BCUT2D eigenvalue weighted by Gasteiger charge is -2.25. The maximum Gasteiger partial charge on any atom is 0.257 e. The topological polar surface area (TPSA) is 91.6 Å². The Morgan fingerprint density at radius 2 is 2.03 bits per heavy atom. The number of carbonyl (C=O) groups excluding carboxylic acids is 2. The van der Waals surface area contributed by atoms with E-state index in [0.717, 1.165) is 18.3 Å². The quantitative estimate of drug-likeness (QED) is 0.700. The highest BCUT2D eigenvalue weighted by atomic mass is 19.1. The minimum absolute atomic E-state index is 0.00295. The number of nitrogens with zero attached hydrogens (tertiary/aromatic N) is 2. The average molecular weight is 437 g/mol. The summed E-state index contributed by atoms with van der Waals surface area (Å²) in [4.78, 5) is 38.3. The number of pyridine rings is 1. The number of benzene rings is 1. The molecule has 2 heterocycles. The number of amides is 1. The van der Waals surface area contributed by atoms with Crippen molar-refractivity contribution in [3.8, 4) is 5.75 Å². The van der Waals surface area contributed by atoms with E-state index in [-0.39, 0.29) is 30.8 Å². The minimum atomic E-state index is -1.06. The highest BCUT2D eigenvalue weighted by Gasteiger charge is 2.27. The van der Waals surface area contributed by atoms with Crippen molar-refractivity contribution in [1.82, 2.24) is 14.8 Å². The Hall–Kier alpha value is -3.14. The lowest BCUT2D eigenvalue weighted by molar-refractivity contribution is 0.0946. The van der Waals surface area contributed by atoms with E-state index in [0.29, 0.717) is 25.3 Å². The van der Waals surface area contributed by atoms with Crippen molar-refractivity contribution in [3.05, 3.63) is 63.1 Å². The third kappa shape index (κ3) is 4.96. The molecule has 7 nitrogen and oxygen atoms in total. The standard InChI is InChI=1S/C21H22F3N3O4/c1-26-8-14(23)4-5-15(9-26)27-10-16(19(29)20(30)18(27)11-28)21(31)25-7-12-2-3-13(22)6-17(12)24/h2-3,6,10-11,14-15,30H,4-5,7-9H2,1H3,(H,25,31)/t14?,15-/m1/s1. The van der Waals surface area contributed by atoms with Crippen molar-refractivity contribution >= 4 is 12.2 Å². The van der Waals surface area contributed by atoms with Crippen molar-refractivity contribution in [2.45, 2.75) is 31.6 Å². The summed E-state index contributed by atoms with van der Waals surface area (Å²) in [5.74, 6) is -3.42. The number of alkyl halides is 1. The lowest BCUT2D eigenvalue weighted by Crippen LogP contribution is -2.33. The summed E-state index contributed by atoms with van der Waals surface area (Å²) < 4.78 is 42.0. The molecule has 1 fully saturated rings. The molecule has 1 unspecified atom stereocenters. The molecule has 2 aromatic rings. The zero-order valence-corrected chi connectivity index (χ0v) is 16.8. The highest BCUT2D eigenvalue weighted by Crippen LogP contribution is 2.25. The third-order valence-electron chi connectivity index (χ3n) is 5.30. The van der Waals surface area contributed by atoms with E-state index in [1.54, 1.807) is 11.9 Å². The zero-order chi connectivity index (χ0) is 22.7. The highest BCUT2D eigenvalue weighted by molar-refractivity contribution is 5.95. The van der Waals surface area contributed by atoms with Crippen LogP contribution in [-0.2, 0) is 6.54 Å². The molecule has 3 rings (SSSR count). The van der Waals surface area contributed by atoms with Gasteiger partial charge in [0.15, 0.2) is 12.0 Å². The van der Waals surface area contributed by atoms with Gasteiger partial charge in [0.25, 0.3) is 5.91 Å². The van der Waals surface area contributed by atoms with E-state index in [1.807, 2.05) is 0 Å². The van der Waals surface area contributed by atoms with Gasteiger partial charge in [0, 0.05) is 43.5 Å². The average Bonchev–Trinajstić information content (AvgIpc) is 2.88. The van der Waals surface area contributed by atoms with Crippen LogP contribution in [0.5, 0.6) is 5.75 Å². The van der Waals surface area contributed by atoms with Crippen molar-refractivity contribution in [3.63, 3.8) is 0 Å². The van der Waals surface area contributed by atoms with Crippen LogP contribution in [0, 0.1) is 11.6 Å². The fourth-order valence-corrected chi connectivity index (χ4v) is 3.71. The molecule has 1 amide bonds. The van der Waals surface area contributed by atoms with Crippen molar-refractivity contribution in [1.29, 1.82) is 0 Å². The second kappa shape index (κ2) is 9.34. The smallest absolute Gasteiger partial charge is 0.257 e. The van der Waals surface area contributed by atoms with E-state index < -0.39 is 46.5 Å². The number of nitrogens with one attached hydrogen (secondary N) is 1. The molecule has 0 radical (unpaired) electrons. The Kier molecular flexibility index (Phi) is 6.79. The second-order valence-corrected chi connectivity index (χ2v) is 7.60. The first-order valence-electron chi connectivity index (χ1n) is 9.69. The third-order valence-corrected chi connectivity index (χ3v) is 5.30. The van der Waals surface area contributed by atoms with E-state index in [2.05, 4.69) is 5.32 Å². The van der Waals surface area contributed by atoms with Crippen LogP contribution in [0.4, 0.5) is 13.2 Å². The molecule has 0 aliphatic carbocycles. The molecule has 0 bridgehead atoms. The Balaban J connectivity index is 1.92. The van der Waals surface area contributed by atoms with Crippen molar-refractivity contribution < 1.29 is 27.9 Å². The van der Waals surface area contributed by atoms with Gasteiger partial charge in [-0.15, -0.1) is 0 Å². The summed E-state index contributed by atoms with van der Waals surface area (Å²) in [7, 11) is 1.71. The normalized spacial score (nSPS) is 19.6. The molecule has 0 spiro atoms. The first-order valence-corrected chi connectivity index (χ1v) is 9.69. The summed E-state index contributed by atoms with van der Waals surface area (Å²) >= 11 is 0. The van der Waals surface area contributed by atoms with Crippen LogP contribution in [0.1, 0.15) is 45.3 Å². The van der Waals surface area contributed by atoms with Crippen LogP contribution < -0.4 is 10.7 Å². The molecule has 31 heavy (non-hydrogen) atoms. The molecular formula is C21H22F3N3O4. The molecule has 1 aromatic heterocycles. The van der Waals surface area contributed by atoms with Crippen molar-refractivity contribution in [2.75, 3.05) is 20.1 Å². The zero-order valence-electron chi connectivity index (χ0n) is 16.8. The summed E-state index contributed by atoms with van der Waals surface area (Å²) in [5, 5.41) is 12.6. The minimum Gasteiger partial charge on any atom is -0.503 e. The van der Waals surface area contributed by atoms with Gasteiger partial charge in [-0.25, -0.2) is 13.2 Å². The predicted octanol–water partition coefficient (Wildman–Crippen LogP) is 2.18. The Morgan fingerprint density at radius 3 is 2.71 bits per heavy atom. The number of aromatic nitrogens is 1. The number of aldehydes is 1. The summed E-state index contributed by atoms with van der Waals surface area (Å²) in [6, 6.07) is 2.40. The van der Waals surface area contributed by atoms with Gasteiger partial charge in [0.2, 0.25) is 5.43 Å². The number of likely N-dealkylation sites (N-methyl/N-ethyl adjacent to an activating group) is 1. The van der Waals surface area contributed by atoms with Crippen molar-refractivity contribution in [2.24, 2.45) is 0 Å². The van der Waals surface area contributed by atoms with Gasteiger partial charge in [-0.05, 0) is 26.0 Å². The molecule has 10 heteroatoms. The number of hydrogen-bond donors (Lipinski definition) is 2. The van der Waals surface area contributed by atoms with Crippen LogP contribution in [0.2, 0.25) is 0 Å². The van der Waals surface area contributed by atoms with Gasteiger partial charge in [-0.1, -0.05) is 6.07 Å². The summed E-state index contributed by atoms with van der Waals surface area (Å²) in [6.45, 7) is 0.220. The number of rotatable bonds is 5. The number of carbonyl (C=O) groups is 2. The Labute approximate surface area is 176 Å². The van der Waals surface area contributed by atoms with Gasteiger partial charge < -0.3 is 19.9 Å². The summed E-state index contributed by atoms with van der Waals surface area (Å²) in [6.07, 6.45) is 0.946.